The molecule has 76 valence electrons. The second-order valence-electron chi connectivity index (χ2n) is 2.84. The molecular weight excluding hydrogens is 194 g/mol. The third-order valence-electron chi connectivity index (χ3n) is 1.96. The average molecular weight is 208 g/mol. The van der Waals surface area contributed by atoms with Crippen molar-refractivity contribution < 1.29 is 14.7 Å². The molecule has 1 heterocycles. The fourth-order valence-corrected chi connectivity index (χ4v) is 1.40. The van der Waals surface area contributed by atoms with Gasteiger partial charge in [0.05, 0.1) is 5.92 Å². The van der Waals surface area contributed by atoms with Crippen molar-refractivity contribution in [3.63, 3.8) is 0 Å². The summed E-state index contributed by atoms with van der Waals surface area (Å²) in [5.41, 5.74) is 0. The molecular formula is C8H14ClNO3. The zero-order valence-corrected chi connectivity index (χ0v) is 8.25. The molecule has 0 saturated carbocycles. The normalized spacial score (nSPS) is 24.9. The molecule has 1 rings (SSSR count). The van der Waals surface area contributed by atoms with Crippen LogP contribution in [0.25, 0.3) is 0 Å². The number of carbonyl (C=O) groups excluding carboxylic acids is 1. The number of carboxylic acid groups (broad SMARTS) is 1. The van der Waals surface area contributed by atoms with E-state index in [1.54, 1.807) is 0 Å². The zero-order chi connectivity index (χ0) is 10.3. The molecule has 1 aliphatic rings. The number of nitrogens with one attached hydrogen (secondary N) is 1. The molecule has 5 heteroatoms. The molecule has 0 bridgehead atoms. The van der Waals surface area contributed by atoms with Crippen LogP contribution < -0.4 is 5.32 Å². The lowest BCUT2D eigenvalue weighted by molar-refractivity contribution is -0.134. The van der Waals surface area contributed by atoms with Gasteiger partial charge in [-0.2, -0.15) is 0 Å². The smallest absolute Gasteiger partial charge is 0.290 e. The molecule has 1 aliphatic heterocycles. The van der Waals surface area contributed by atoms with E-state index in [0.717, 1.165) is 12.8 Å². The fraction of sp³-hybridized carbons (Fsp3) is 0.750. The van der Waals surface area contributed by atoms with Crippen LogP contribution in [0.1, 0.15) is 19.8 Å². The van der Waals surface area contributed by atoms with Gasteiger partial charge in [0.25, 0.3) is 6.47 Å². The second-order valence-corrected chi connectivity index (χ2v) is 3.22. The molecule has 2 atom stereocenters. The van der Waals surface area contributed by atoms with Crippen molar-refractivity contribution in [1.29, 1.82) is 0 Å². The van der Waals surface area contributed by atoms with Crippen molar-refractivity contribution in [2.24, 2.45) is 5.92 Å². The van der Waals surface area contributed by atoms with Crippen molar-refractivity contribution in [1.82, 2.24) is 5.32 Å². The molecule has 1 saturated heterocycles. The van der Waals surface area contributed by atoms with Crippen LogP contribution in [0.5, 0.6) is 0 Å². The predicted molar refractivity (Wildman–Crippen MR) is 49.7 cm³/mol. The topological polar surface area (TPSA) is 66.4 Å². The lowest BCUT2D eigenvalue weighted by atomic mass is 9.88. The molecule has 13 heavy (non-hydrogen) atoms. The Hall–Kier alpha value is -0.770. The molecule has 0 aromatic carbocycles. The highest BCUT2D eigenvalue weighted by atomic mass is 35.5. The Balaban J connectivity index is 0.000000424. The minimum Gasteiger partial charge on any atom is -0.483 e. The van der Waals surface area contributed by atoms with Gasteiger partial charge in [-0.1, -0.05) is 0 Å². The zero-order valence-electron chi connectivity index (χ0n) is 7.50. The highest BCUT2D eigenvalue weighted by Crippen LogP contribution is 2.19. The summed E-state index contributed by atoms with van der Waals surface area (Å²) < 4.78 is 0. The molecule has 4 nitrogen and oxygen atoms in total. The number of amides is 1. The average Bonchev–Trinajstić information content (AvgIpc) is 2.06. The molecule has 0 aromatic heterocycles. The van der Waals surface area contributed by atoms with Crippen molar-refractivity contribution >= 4 is 24.0 Å². The number of β-lactam (4-membered cyclic amide) rings is 1. The van der Waals surface area contributed by atoms with Gasteiger partial charge in [0.15, 0.2) is 0 Å². The molecule has 0 spiro atoms. The summed E-state index contributed by atoms with van der Waals surface area (Å²) in [5.74, 6) is 1.09. The van der Waals surface area contributed by atoms with Crippen LogP contribution in [0.4, 0.5) is 0 Å². The maximum Gasteiger partial charge on any atom is 0.290 e. The van der Waals surface area contributed by atoms with E-state index in [-0.39, 0.29) is 18.3 Å². The monoisotopic (exact) mass is 207 g/mol. The first-order chi connectivity index (χ1) is 6.17. The summed E-state index contributed by atoms with van der Waals surface area (Å²) in [6.07, 6.45) is 1.89. The number of alkyl halides is 1. The third-order valence-corrected chi connectivity index (χ3v) is 2.23. The number of hydrogen-bond donors (Lipinski definition) is 2. The lowest BCUT2D eigenvalue weighted by Gasteiger charge is -2.33. The van der Waals surface area contributed by atoms with Gasteiger partial charge >= 0.3 is 0 Å². The van der Waals surface area contributed by atoms with E-state index in [9.17, 15) is 4.79 Å². The molecule has 1 fully saturated rings. The van der Waals surface area contributed by atoms with Crippen LogP contribution in [0, 0.1) is 5.92 Å². The molecule has 1 unspecified atom stereocenters. The number of rotatable bonds is 3. The standard InChI is InChI=1S/C7H12ClNO.CH2O2/c1-5-6(3-2-4-8)7(10)9-5;2-1-3/h5-6H,2-4H2,1H3,(H,9,10);1H,(H,2,3)/t5?,6-;/m1./s1. The minimum atomic E-state index is -0.250. The SMILES string of the molecule is CC1NC(=O)[C@@H]1CCCCl.O=CO. The Bertz CT molecular complexity index is 175. The summed E-state index contributed by atoms with van der Waals surface area (Å²) in [6, 6.07) is 0.371. The van der Waals surface area contributed by atoms with Gasteiger partial charge in [-0.3, -0.25) is 9.59 Å². The summed E-state index contributed by atoms with van der Waals surface area (Å²) in [7, 11) is 0. The maximum absolute atomic E-state index is 10.8. The van der Waals surface area contributed by atoms with Gasteiger partial charge in [-0.05, 0) is 19.8 Å². The minimum absolute atomic E-state index is 0.192. The van der Waals surface area contributed by atoms with Crippen molar-refractivity contribution in [2.75, 3.05) is 5.88 Å². The highest BCUT2D eigenvalue weighted by molar-refractivity contribution is 6.17. The largest absolute Gasteiger partial charge is 0.483 e. The van der Waals surface area contributed by atoms with E-state index in [0.29, 0.717) is 11.9 Å². The van der Waals surface area contributed by atoms with Crippen LogP contribution >= 0.6 is 11.6 Å². The van der Waals surface area contributed by atoms with Crippen LogP contribution in [-0.4, -0.2) is 29.4 Å². The first kappa shape index (κ1) is 12.2. The van der Waals surface area contributed by atoms with Crippen LogP contribution in [0.2, 0.25) is 0 Å². The fourth-order valence-electron chi connectivity index (χ4n) is 1.24. The van der Waals surface area contributed by atoms with E-state index in [2.05, 4.69) is 5.32 Å². The lowest BCUT2D eigenvalue weighted by Crippen LogP contribution is -2.56. The van der Waals surface area contributed by atoms with Gasteiger partial charge in [-0.25, -0.2) is 0 Å². The molecule has 0 radical (unpaired) electrons. The maximum atomic E-state index is 10.8. The molecule has 1 amide bonds. The first-order valence-corrected chi connectivity index (χ1v) is 4.65. The first-order valence-electron chi connectivity index (χ1n) is 4.11. The van der Waals surface area contributed by atoms with Gasteiger partial charge in [-0.15, -0.1) is 11.6 Å². The quantitative estimate of drug-likeness (QED) is 0.410. The van der Waals surface area contributed by atoms with Crippen LogP contribution in [0.3, 0.4) is 0 Å². The number of hydrogen-bond acceptors (Lipinski definition) is 2. The van der Waals surface area contributed by atoms with Crippen molar-refractivity contribution in [3.05, 3.63) is 0 Å². The predicted octanol–water partition coefficient (Wildman–Crippen LogP) is 0.841. The van der Waals surface area contributed by atoms with E-state index < -0.39 is 0 Å². The van der Waals surface area contributed by atoms with Crippen LogP contribution in [-0.2, 0) is 9.59 Å². The highest BCUT2D eigenvalue weighted by Gasteiger charge is 2.34. The molecule has 0 aliphatic carbocycles. The van der Waals surface area contributed by atoms with Crippen LogP contribution in [0.15, 0.2) is 0 Å². The number of halogens is 1. The van der Waals surface area contributed by atoms with Gasteiger partial charge in [0.2, 0.25) is 5.91 Å². The summed E-state index contributed by atoms with van der Waals surface area (Å²) in [5, 5.41) is 9.67. The Labute approximate surface area is 82.3 Å². The third kappa shape index (κ3) is 4.12. The van der Waals surface area contributed by atoms with E-state index in [4.69, 9.17) is 21.5 Å². The van der Waals surface area contributed by atoms with Gasteiger partial charge in [0.1, 0.15) is 0 Å². The van der Waals surface area contributed by atoms with Gasteiger partial charge in [0, 0.05) is 11.9 Å². The Kier molecular flexibility index (Phi) is 6.32. The van der Waals surface area contributed by atoms with E-state index in [1.165, 1.54) is 0 Å². The summed E-state index contributed by atoms with van der Waals surface area (Å²) in [4.78, 5) is 19.2. The number of carbonyl (C=O) groups is 2. The Morgan fingerprint density at radius 2 is 2.23 bits per heavy atom. The Morgan fingerprint density at radius 3 is 2.54 bits per heavy atom. The van der Waals surface area contributed by atoms with Crippen molar-refractivity contribution in [2.45, 2.75) is 25.8 Å². The molecule has 2 N–H and O–H groups in total. The van der Waals surface area contributed by atoms with E-state index >= 15 is 0 Å². The van der Waals surface area contributed by atoms with Gasteiger partial charge < -0.3 is 10.4 Å². The van der Waals surface area contributed by atoms with Crippen molar-refractivity contribution in [3.8, 4) is 0 Å². The summed E-state index contributed by atoms with van der Waals surface area (Å²) >= 11 is 5.49. The second kappa shape index (κ2) is 6.71. The van der Waals surface area contributed by atoms with E-state index in [1.807, 2.05) is 6.92 Å². The molecule has 0 aromatic rings. The summed E-state index contributed by atoms with van der Waals surface area (Å²) in [6.45, 7) is 1.78. The Morgan fingerprint density at radius 1 is 1.69 bits per heavy atom.